The third-order valence-corrected chi connectivity index (χ3v) is 3.97. The molecule has 0 radical (unpaired) electrons. The van der Waals surface area contributed by atoms with Crippen LogP contribution in [0.25, 0.3) is 10.9 Å². The molecule has 7 nitrogen and oxygen atoms in total. The van der Waals surface area contributed by atoms with Gasteiger partial charge >= 0.3 is 12.6 Å². The Bertz CT molecular complexity index is 1050. The summed E-state index contributed by atoms with van der Waals surface area (Å²) in [6.07, 6.45) is 1.54. The number of ketones is 1. The van der Waals surface area contributed by atoms with Crippen molar-refractivity contribution >= 4 is 28.6 Å². The van der Waals surface area contributed by atoms with Gasteiger partial charge in [0.15, 0.2) is 6.61 Å². The fourth-order valence-electron chi connectivity index (χ4n) is 2.65. The van der Waals surface area contributed by atoms with Gasteiger partial charge in [0.2, 0.25) is 5.78 Å². The maximum atomic E-state index is 12.2. The van der Waals surface area contributed by atoms with Gasteiger partial charge in [-0.3, -0.25) is 14.4 Å². The van der Waals surface area contributed by atoms with Gasteiger partial charge < -0.3 is 19.8 Å². The number of Topliss-reactive ketones (excluding diaryl/α,β-unsaturated/α-hetero) is 1. The Morgan fingerprint density at radius 3 is 2.66 bits per heavy atom. The molecule has 1 aromatic heterocycles. The fourth-order valence-corrected chi connectivity index (χ4v) is 2.65. The minimum Gasteiger partial charge on any atom is -0.456 e. The number of carbonyl (C=O) groups excluding carboxylic acids is 3. The first kappa shape index (κ1) is 20.0. The van der Waals surface area contributed by atoms with Gasteiger partial charge in [-0.15, -0.1) is 0 Å². The van der Waals surface area contributed by atoms with Gasteiger partial charge in [-0.25, -0.2) is 0 Å². The zero-order valence-electron chi connectivity index (χ0n) is 15.0. The van der Waals surface area contributed by atoms with Gasteiger partial charge in [0, 0.05) is 28.2 Å². The Balaban J connectivity index is 1.50. The average Bonchev–Trinajstić information content (AvgIpc) is 3.14. The number of aromatic amines is 1. The minimum atomic E-state index is -3.02. The molecule has 150 valence electrons. The molecule has 0 unspecified atom stereocenters. The quantitative estimate of drug-likeness (QED) is 0.446. The molecule has 0 atom stereocenters. The van der Waals surface area contributed by atoms with Gasteiger partial charge in [0.1, 0.15) is 12.3 Å². The molecule has 1 heterocycles. The fraction of sp³-hybridized carbons (Fsp3) is 0.150. The highest BCUT2D eigenvalue weighted by Crippen LogP contribution is 2.18. The predicted octanol–water partition coefficient (Wildman–Crippen LogP) is 2.93. The van der Waals surface area contributed by atoms with Crippen molar-refractivity contribution in [3.63, 3.8) is 0 Å². The summed E-state index contributed by atoms with van der Waals surface area (Å²) in [5.74, 6) is -2.06. The summed E-state index contributed by atoms with van der Waals surface area (Å²) in [7, 11) is 0. The Hall–Kier alpha value is -3.75. The number of hydrogen-bond donors (Lipinski definition) is 2. The minimum absolute atomic E-state index is 0.0332. The number of nitrogens with one attached hydrogen (secondary N) is 2. The molecule has 2 aromatic carbocycles. The Morgan fingerprint density at radius 1 is 1.07 bits per heavy atom. The number of aromatic nitrogens is 1. The number of ether oxygens (including phenoxy) is 2. The SMILES string of the molecule is O=C(CNC(=O)c1cccc(OC(F)F)c1)OCC(=O)c1c[nH]c2ccccc12. The van der Waals surface area contributed by atoms with Crippen molar-refractivity contribution in [3.05, 3.63) is 65.9 Å². The van der Waals surface area contributed by atoms with E-state index in [0.717, 1.165) is 11.6 Å². The number of H-pyrrole nitrogens is 1. The molecule has 0 fully saturated rings. The number of amides is 1. The third kappa shape index (κ3) is 5.16. The molecule has 29 heavy (non-hydrogen) atoms. The van der Waals surface area contributed by atoms with E-state index in [2.05, 4.69) is 15.0 Å². The molecule has 0 aliphatic rings. The van der Waals surface area contributed by atoms with E-state index in [9.17, 15) is 23.2 Å². The summed E-state index contributed by atoms with van der Waals surface area (Å²) >= 11 is 0. The van der Waals surface area contributed by atoms with Gasteiger partial charge in [-0.05, 0) is 24.3 Å². The van der Waals surface area contributed by atoms with Crippen molar-refractivity contribution in [2.75, 3.05) is 13.2 Å². The number of rotatable bonds is 8. The third-order valence-electron chi connectivity index (χ3n) is 3.97. The molecular weight excluding hydrogens is 386 g/mol. The molecule has 0 bridgehead atoms. The van der Waals surface area contributed by atoms with Gasteiger partial charge in [-0.2, -0.15) is 8.78 Å². The van der Waals surface area contributed by atoms with Crippen molar-refractivity contribution in [2.45, 2.75) is 6.61 Å². The maximum absolute atomic E-state index is 12.2. The Morgan fingerprint density at radius 2 is 1.86 bits per heavy atom. The summed E-state index contributed by atoms with van der Waals surface area (Å²) < 4.78 is 33.6. The van der Waals surface area contributed by atoms with E-state index in [-0.39, 0.29) is 17.1 Å². The maximum Gasteiger partial charge on any atom is 0.387 e. The monoisotopic (exact) mass is 402 g/mol. The summed E-state index contributed by atoms with van der Waals surface area (Å²) in [6, 6.07) is 12.3. The topological polar surface area (TPSA) is 97.5 Å². The number of halogens is 2. The van der Waals surface area contributed by atoms with Crippen molar-refractivity contribution in [2.24, 2.45) is 0 Å². The molecule has 1 amide bonds. The number of hydrogen-bond acceptors (Lipinski definition) is 5. The number of benzene rings is 2. The van der Waals surface area contributed by atoms with Crippen LogP contribution in [-0.2, 0) is 9.53 Å². The van der Waals surface area contributed by atoms with Crippen LogP contribution in [-0.4, -0.2) is 42.4 Å². The van der Waals surface area contributed by atoms with E-state index in [1.807, 2.05) is 12.1 Å². The van der Waals surface area contributed by atoms with Gasteiger partial charge in [0.25, 0.3) is 5.91 Å². The van der Waals surface area contributed by atoms with Crippen LogP contribution in [0.3, 0.4) is 0 Å². The number of fused-ring (bicyclic) bond motifs is 1. The highest BCUT2D eigenvalue weighted by atomic mass is 19.3. The molecule has 9 heteroatoms. The number of esters is 1. The summed E-state index contributed by atoms with van der Waals surface area (Å²) in [4.78, 5) is 39.0. The van der Waals surface area contributed by atoms with E-state index in [1.54, 1.807) is 12.1 Å². The first-order chi connectivity index (χ1) is 13.9. The molecule has 0 aliphatic carbocycles. The molecule has 0 aliphatic heterocycles. The lowest BCUT2D eigenvalue weighted by Gasteiger charge is -2.08. The zero-order valence-corrected chi connectivity index (χ0v) is 15.0. The van der Waals surface area contributed by atoms with E-state index >= 15 is 0 Å². The van der Waals surface area contributed by atoms with Crippen molar-refractivity contribution < 1.29 is 32.6 Å². The second-order valence-electron chi connectivity index (χ2n) is 5.92. The Kier molecular flexibility index (Phi) is 6.18. The van der Waals surface area contributed by atoms with Gasteiger partial charge in [-0.1, -0.05) is 24.3 Å². The highest BCUT2D eigenvalue weighted by molar-refractivity contribution is 6.08. The first-order valence-corrected chi connectivity index (χ1v) is 8.52. The molecule has 3 rings (SSSR count). The second-order valence-corrected chi connectivity index (χ2v) is 5.92. The van der Waals surface area contributed by atoms with Crippen LogP contribution in [0.1, 0.15) is 20.7 Å². The van der Waals surface area contributed by atoms with E-state index < -0.39 is 31.6 Å². The summed E-state index contributed by atoms with van der Waals surface area (Å²) in [6.45, 7) is -3.98. The van der Waals surface area contributed by atoms with Crippen molar-refractivity contribution in [1.29, 1.82) is 0 Å². The lowest BCUT2D eigenvalue weighted by molar-refractivity contribution is -0.141. The highest BCUT2D eigenvalue weighted by Gasteiger charge is 2.15. The van der Waals surface area contributed by atoms with Crippen LogP contribution in [0.4, 0.5) is 8.78 Å². The van der Waals surface area contributed by atoms with Crippen LogP contribution in [0.5, 0.6) is 5.75 Å². The number of carbonyl (C=O) groups is 3. The molecule has 3 aromatic rings. The van der Waals surface area contributed by atoms with Crippen molar-refractivity contribution in [3.8, 4) is 5.75 Å². The number of para-hydroxylation sites is 1. The molecule has 0 spiro atoms. The van der Waals surface area contributed by atoms with Crippen molar-refractivity contribution in [1.82, 2.24) is 10.3 Å². The van der Waals surface area contributed by atoms with Crippen LogP contribution < -0.4 is 10.1 Å². The van der Waals surface area contributed by atoms with Crippen LogP contribution in [0.2, 0.25) is 0 Å². The zero-order chi connectivity index (χ0) is 20.8. The summed E-state index contributed by atoms with van der Waals surface area (Å²) in [5.41, 5.74) is 1.21. The largest absolute Gasteiger partial charge is 0.456 e. The molecule has 0 saturated heterocycles. The lowest BCUT2D eigenvalue weighted by Crippen LogP contribution is -2.31. The normalized spacial score (nSPS) is 10.7. The average molecular weight is 402 g/mol. The van der Waals surface area contributed by atoms with E-state index in [1.165, 1.54) is 24.4 Å². The Labute approximate surface area is 163 Å². The number of alkyl halides is 2. The molecular formula is C20H16F2N2O5. The standard InChI is InChI=1S/C20H16F2N2O5/c21-20(22)29-13-5-3-4-12(8-13)19(27)24-10-18(26)28-11-17(25)15-9-23-16-7-2-1-6-14(15)16/h1-9,20,23H,10-11H2,(H,24,27). The van der Waals surface area contributed by atoms with Crippen LogP contribution in [0.15, 0.2) is 54.7 Å². The molecule has 0 saturated carbocycles. The molecule has 2 N–H and O–H groups in total. The first-order valence-electron chi connectivity index (χ1n) is 8.52. The second kappa shape index (κ2) is 8.96. The summed E-state index contributed by atoms with van der Waals surface area (Å²) in [5, 5.41) is 3.01. The van der Waals surface area contributed by atoms with Crippen LogP contribution in [0, 0.1) is 0 Å². The predicted molar refractivity (Wildman–Crippen MR) is 99.0 cm³/mol. The van der Waals surface area contributed by atoms with E-state index in [4.69, 9.17) is 4.74 Å². The smallest absolute Gasteiger partial charge is 0.387 e. The van der Waals surface area contributed by atoms with Gasteiger partial charge in [0.05, 0.1) is 0 Å². The van der Waals surface area contributed by atoms with E-state index in [0.29, 0.717) is 10.9 Å². The lowest BCUT2D eigenvalue weighted by atomic mass is 10.1. The van der Waals surface area contributed by atoms with Crippen LogP contribution >= 0.6 is 0 Å².